The summed E-state index contributed by atoms with van der Waals surface area (Å²) in [6.07, 6.45) is 2.26. The van der Waals surface area contributed by atoms with Crippen LogP contribution in [0, 0.1) is 0 Å². The van der Waals surface area contributed by atoms with Gasteiger partial charge in [0.05, 0.1) is 22.1 Å². The summed E-state index contributed by atoms with van der Waals surface area (Å²) in [5.41, 5.74) is 15.3. The van der Waals surface area contributed by atoms with E-state index in [1.54, 1.807) is 0 Å². The van der Waals surface area contributed by atoms with Crippen molar-refractivity contribution in [2.24, 2.45) is 0 Å². The average Bonchev–Trinajstić information content (AvgIpc) is 3.88. The summed E-state index contributed by atoms with van der Waals surface area (Å²) in [6, 6.07) is 55.1. The predicted molar refractivity (Wildman–Crippen MR) is 252 cm³/mol. The van der Waals surface area contributed by atoms with Crippen LogP contribution in [0.5, 0.6) is 0 Å². The summed E-state index contributed by atoms with van der Waals surface area (Å²) in [5.74, 6) is 1.93. The van der Waals surface area contributed by atoms with E-state index in [1.807, 2.05) is 0 Å². The van der Waals surface area contributed by atoms with Gasteiger partial charge in [0, 0.05) is 43.8 Å². The fourth-order valence-electron chi connectivity index (χ4n) is 11.0. The third-order valence-corrected chi connectivity index (χ3v) is 14.2. The number of nitrogens with zero attached hydrogens (tertiary/aromatic N) is 5. The molecule has 0 saturated carbocycles. The van der Waals surface area contributed by atoms with Crippen LogP contribution in [0.4, 0.5) is 0 Å². The third kappa shape index (κ3) is 5.10. The van der Waals surface area contributed by atoms with Crippen molar-refractivity contribution in [2.45, 2.75) is 70.6 Å². The third-order valence-electron chi connectivity index (χ3n) is 14.2. The molecular weight excluding hydrogens is 743 g/mol. The van der Waals surface area contributed by atoms with Gasteiger partial charge in [-0.1, -0.05) is 163 Å². The number of para-hydroxylation sites is 2. The number of benzene rings is 7. The van der Waals surface area contributed by atoms with Crippen molar-refractivity contribution in [2.75, 3.05) is 0 Å². The highest BCUT2D eigenvalue weighted by Gasteiger charge is 2.40. The van der Waals surface area contributed by atoms with Gasteiger partial charge in [0.25, 0.3) is 0 Å². The Morgan fingerprint density at radius 3 is 1.79 bits per heavy atom. The van der Waals surface area contributed by atoms with Gasteiger partial charge < -0.3 is 4.57 Å². The molecule has 0 N–H and O–H groups in total. The molecule has 0 unspecified atom stereocenters. The molecule has 0 fully saturated rings. The van der Waals surface area contributed by atoms with Crippen LogP contribution in [0.3, 0.4) is 0 Å². The highest BCUT2D eigenvalue weighted by atomic mass is 15.2. The van der Waals surface area contributed by atoms with E-state index in [0.717, 1.165) is 51.7 Å². The summed E-state index contributed by atoms with van der Waals surface area (Å²) >= 11 is 0. The van der Waals surface area contributed by atoms with E-state index in [4.69, 9.17) is 15.0 Å². The molecule has 0 radical (unpaired) electrons. The maximum Gasteiger partial charge on any atom is 0.238 e. The Labute approximate surface area is 356 Å². The molecule has 5 heteroatoms. The van der Waals surface area contributed by atoms with Crippen LogP contribution < -0.4 is 0 Å². The van der Waals surface area contributed by atoms with Crippen molar-refractivity contribution in [3.05, 3.63) is 174 Å². The number of hydrogen-bond acceptors (Lipinski definition) is 3. The molecule has 2 aliphatic carbocycles. The second-order valence-electron chi connectivity index (χ2n) is 19.1. The van der Waals surface area contributed by atoms with Crippen molar-refractivity contribution >= 4 is 43.6 Å². The highest BCUT2D eigenvalue weighted by Crippen LogP contribution is 2.53. The van der Waals surface area contributed by atoms with Gasteiger partial charge in [-0.2, -0.15) is 9.97 Å². The van der Waals surface area contributed by atoms with Crippen LogP contribution in [0.1, 0.15) is 76.6 Å². The Bertz CT molecular complexity index is 3440. The lowest BCUT2D eigenvalue weighted by molar-refractivity contribution is 0.332. The summed E-state index contributed by atoms with van der Waals surface area (Å²) in [7, 11) is 0. The maximum atomic E-state index is 5.65. The van der Waals surface area contributed by atoms with Gasteiger partial charge in [0.2, 0.25) is 5.95 Å². The zero-order valence-corrected chi connectivity index (χ0v) is 35.6. The summed E-state index contributed by atoms with van der Waals surface area (Å²) in [4.78, 5) is 16.5. The van der Waals surface area contributed by atoms with Gasteiger partial charge in [-0.05, 0) is 87.4 Å². The van der Waals surface area contributed by atoms with E-state index in [0.29, 0.717) is 17.6 Å². The molecule has 0 saturated heterocycles. The molecular formula is C56H47N5. The Hall–Kier alpha value is -6.85. The highest BCUT2D eigenvalue weighted by molar-refractivity contribution is 6.24. The molecule has 3 heterocycles. The van der Waals surface area contributed by atoms with Crippen molar-refractivity contribution in [1.82, 2.24) is 24.1 Å². The molecule has 12 rings (SSSR count). The summed E-state index contributed by atoms with van der Waals surface area (Å²) in [5, 5.41) is 4.81. The van der Waals surface area contributed by atoms with E-state index >= 15 is 0 Å². The number of hydrogen-bond donors (Lipinski definition) is 0. The maximum absolute atomic E-state index is 5.65. The molecule has 0 amide bonds. The molecule has 7 aromatic carbocycles. The number of aromatic nitrogens is 5. The molecule has 2 aliphatic rings. The van der Waals surface area contributed by atoms with Crippen LogP contribution in [0.15, 0.2) is 152 Å². The fraction of sp³-hybridized carbons (Fsp3) is 0.196. The predicted octanol–water partition coefficient (Wildman–Crippen LogP) is 14.1. The quantitative estimate of drug-likeness (QED) is 0.178. The molecule has 10 aromatic rings. The van der Waals surface area contributed by atoms with Gasteiger partial charge in [0.15, 0.2) is 11.6 Å². The second kappa shape index (κ2) is 12.6. The minimum absolute atomic E-state index is 0.000768. The van der Waals surface area contributed by atoms with Crippen LogP contribution in [-0.2, 0) is 16.2 Å². The normalized spacial score (nSPS) is 16.0. The van der Waals surface area contributed by atoms with Crippen molar-refractivity contribution in [3.63, 3.8) is 0 Å². The average molecular weight is 790 g/mol. The van der Waals surface area contributed by atoms with Crippen LogP contribution in [0.2, 0.25) is 0 Å². The Kier molecular flexibility index (Phi) is 7.44. The van der Waals surface area contributed by atoms with Gasteiger partial charge in [-0.15, -0.1) is 0 Å². The van der Waals surface area contributed by atoms with E-state index in [2.05, 4.69) is 202 Å². The molecule has 296 valence electrons. The molecule has 0 spiro atoms. The molecule has 3 aromatic heterocycles. The summed E-state index contributed by atoms with van der Waals surface area (Å²) in [6.45, 7) is 14.3. The van der Waals surface area contributed by atoms with Gasteiger partial charge in [-0.25, -0.2) is 4.98 Å². The van der Waals surface area contributed by atoms with Crippen molar-refractivity contribution < 1.29 is 0 Å². The lowest BCUT2D eigenvalue weighted by Gasteiger charge is -2.42. The van der Waals surface area contributed by atoms with E-state index in [1.165, 1.54) is 54.9 Å². The molecule has 0 atom stereocenters. The van der Waals surface area contributed by atoms with E-state index in [9.17, 15) is 0 Å². The van der Waals surface area contributed by atoms with Crippen molar-refractivity contribution in [3.8, 4) is 45.5 Å². The largest absolute Gasteiger partial charge is 0.307 e. The lowest BCUT2D eigenvalue weighted by Crippen LogP contribution is -2.33. The first kappa shape index (κ1) is 36.0. The molecule has 61 heavy (non-hydrogen) atoms. The second-order valence-corrected chi connectivity index (χ2v) is 19.1. The van der Waals surface area contributed by atoms with E-state index < -0.39 is 0 Å². The zero-order chi connectivity index (χ0) is 41.4. The lowest BCUT2D eigenvalue weighted by atomic mass is 9.63. The Balaban J connectivity index is 1.26. The first-order valence-electron chi connectivity index (χ1n) is 21.7. The molecule has 5 nitrogen and oxygen atoms in total. The van der Waals surface area contributed by atoms with Crippen LogP contribution >= 0.6 is 0 Å². The van der Waals surface area contributed by atoms with Crippen LogP contribution in [-0.4, -0.2) is 24.1 Å². The minimum Gasteiger partial charge on any atom is -0.307 e. The van der Waals surface area contributed by atoms with Crippen molar-refractivity contribution in [1.29, 1.82) is 0 Å². The van der Waals surface area contributed by atoms with E-state index in [-0.39, 0.29) is 16.2 Å². The standard InChI is InChI=1S/C56H47N5/c1-54(2)30-31-55(3,4)45-33-47-42(32-44(45)54)40-29-28-39-37-23-14-16-27-46(37)60(35-20-11-8-12-21-35)49(39)50(40)61(47)53-58-51(34-18-9-7-10-19-34)57-52(59-53)41-25-17-24-38-36-22-13-15-26-43(36)56(5,6)48(38)41/h7-29,32-33H,30-31H2,1-6H3. The first-order valence-corrected chi connectivity index (χ1v) is 21.7. The Morgan fingerprint density at radius 1 is 0.426 bits per heavy atom. The number of fused-ring (bicyclic) bond motifs is 11. The zero-order valence-electron chi connectivity index (χ0n) is 35.6. The van der Waals surface area contributed by atoms with Gasteiger partial charge >= 0.3 is 0 Å². The minimum atomic E-state index is -0.255. The molecule has 0 aliphatic heterocycles. The Morgan fingerprint density at radius 2 is 1.02 bits per heavy atom. The van der Waals surface area contributed by atoms with Gasteiger partial charge in [-0.3, -0.25) is 4.57 Å². The fourth-order valence-corrected chi connectivity index (χ4v) is 11.0. The summed E-state index contributed by atoms with van der Waals surface area (Å²) < 4.78 is 4.82. The van der Waals surface area contributed by atoms with Crippen LogP contribution in [0.25, 0.3) is 89.2 Å². The monoisotopic (exact) mass is 789 g/mol. The van der Waals surface area contributed by atoms with Gasteiger partial charge in [0.1, 0.15) is 0 Å². The number of rotatable bonds is 4. The smallest absolute Gasteiger partial charge is 0.238 e. The SMILES string of the molecule is CC1(C)CCC(C)(C)c2cc3c(cc21)c1ccc2c4ccccc4n(-c4ccccc4)c2c1n3-c1nc(-c2ccccc2)nc(-c2cccc3c2C(C)(C)c2ccccc2-3)n1. The topological polar surface area (TPSA) is 48.5 Å². The molecule has 0 bridgehead atoms. The first-order chi connectivity index (χ1) is 29.5.